The smallest absolute Gasteiger partial charge is 0.251 e. The molecule has 2 aromatic rings. The maximum absolute atomic E-state index is 12.6. The second-order valence-corrected chi connectivity index (χ2v) is 9.27. The molecule has 6 nitrogen and oxygen atoms in total. The molecule has 0 spiro atoms. The van der Waals surface area contributed by atoms with Gasteiger partial charge >= 0.3 is 0 Å². The zero-order valence-electron chi connectivity index (χ0n) is 16.4. The molecule has 0 atom stereocenters. The third-order valence-electron chi connectivity index (χ3n) is 4.08. The molecule has 0 saturated heterocycles. The highest BCUT2D eigenvalue weighted by molar-refractivity contribution is 7.89. The van der Waals surface area contributed by atoms with Crippen LogP contribution in [-0.2, 0) is 27.9 Å². The Kier molecular flexibility index (Phi) is 7.60. The molecule has 2 aromatic carbocycles. The highest BCUT2D eigenvalue weighted by atomic mass is 35.5. The van der Waals surface area contributed by atoms with Gasteiger partial charge in [0.2, 0.25) is 10.0 Å². The maximum Gasteiger partial charge on any atom is 0.251 e. The summed E-state index contributed by atoms with van der Waals surface area (Å²) in [5, 5.41) is 2.90. The number of rotatable bonds is 8. The Labute approximate surface area is 171 Å². The van der Waals surface area contributed by atoms with E-state index in [1.807, 2.05) is 38.1 Å². The number of amides is 1. The van der Waals surface area contributed by atoms with Crippen molar-refractivity contribution in [2.24, 2.45) is 0 Å². The molecule has 0 aliphatic carbocycles. The van der Waals surface area contributed by atoms with Gasteiger partial charge in [0.15, 0.2) is 0 Å². The molecule has 152 valence electrons. The third-order valence-corrected chi connectivity index (χ3v) is 6.38. The van der Waals surface area contributed by atoms with E-state index in [0.29, 0.717) is 13.2 Å². The number of ether oxygens (including phenoxy) is 1. The van der Waals surface area contributed by atoms with Crippen molar-refractivity contribution in [3.8, 4) is 0 Å². The van der Waals surface area contributed by atoms with E-state index in [1.54, 1.807) is 0 Å². The quantitative estimate of drug-likeness (QED) is 0.704. The molecule has 0 aromatic heterocycles. The average molecular weight is 425 g/mol. The van der Waals surface area contributed by atoms with Crippen LogP contribution < -0.4 is 5.32 Å². The van der Waals surface area contributed by atoms with Gasteiger partial charge in [-0.2, -0.15) is 0 Å². The van der Waals surface area contributed by atoms with Crippen molar-refractivity contribution in [2.75, 3.05) is 14.1 Å². The van der Waals surface area contributed by atoms with E-state index >= 15 is 0 Å². The van der Waals surface area contributed by atoms with Gasteiger partial charge in [-0.1, -0.05) is 35.9 Å². The fraction of sp³-hybridized carbons (Fsp3) is 0.350. The van der Waals surface area contributed by atoms with Gasteiger partial charge < -0.3 is 10.1 Å². The second kappa shape index (κ2) is 9.52. The average Bonchev–Trinajstić information content (AvgIpc) is 2.65. The first kappa shape index (κ1) is 22.4. The molecule has 0 aliphatic rings. The van der Waals surface area contributed by atoms with Crippen molar-refractivity contribution in [3.63, 3.8) is 0 Å². The van der Waals surface area contributed by atoms with Gasteiger partial charge in [0.1, 0.15) is 4.90 Å². The summed E-state index contributed by atoms with van der Waals surface area (Å²) in [5.74, 6) is -0.383. The van der Waals surface area contributed by atoms with Gasteiger partial charge in [-0.25, -0.2) is 12.7 Å². The van der Waals surface area contributed by atoms with E-state index in [2.05, 4.69) is 5.32 Å². The van der Waals surface area contributed by atoms with E-state index in [-0.39, 0.29) is 27.5 Å². The summed E-state index contributed by atoms with van der Waals surface area (Å²) >= 11 is 6.03. The van der Waals surface area contributed by atoms with Crippen LogP contribution in [0.3, 0.4) is 0 Å². The lowest BCUT2D eigenvalue weighted by molar-refractivity contribution is 0.0651. The highest BCUT2D eigenvalue weighted by Crippen LogP contribution is 2.25. The SMILES string of the molecule is CC(C)OCc1ccccc1CNC(=O)c1ccc(Cl)c(S(=O)(=O)N(C)C)c1. The molecule has 0 aliphatic heterocycles. The number of sulfonamides is 1. The number of hydrogen-bond acceptors (Lipinski definition) is 4. The van der Waals surface area contributed by atoms with Gasteiger partial charge in [0.25, 0.3) is 5.91 Å². The van der Waals surface area contributed by atoms with E-state index in [1.165, 1.54) is 32.3 Å². The first-order valence-corrected chi connectivity index (χ1v) is 10.6. The van der Waals surface area contributed by atoms with Gasteiger partial charge in [-0.3, -0.25) is 4.79 Å². The first-order chi connectivity index (χ1) is 13.1. The van der Waals surface area contributed by atoms with Crippen molar-refractivity contribution in [1.82, 2.24) is 9.62 Å². The zero-order chi connectivity index (χ0) is 20.9. The van der Waals surface area contributed by atoms with Crippen molar-refractivity contribution >= 4 is 27.5 Å². The molecule has 2 rings (SSSR count). The standard InChI is InChI=1S/C20H25ClN2O4S/c1-14(2)27-13-17-8-6-5-7-16(17)12-22-20(24)15-9-10-18(21)19(11-15)28(25,26)23(3)4/h5-11,14H,12-13H2,1-4H3,(H,22,24). The predicted molar refractivity (Wildman–Crippen MR) is 110 cm³/mol. The number of benzene rings is 2. The van der Waals surface area contributed by atoms with E-state index in [9.17, 15) is 13.2 Å². The van der Waals surface area contributed by atoms with Crippen LogP contribution in [0.2, 0.25) is 5.02 Å². The van der Waals surface area contributed by atoms with Crippen LogP contribution in [0.15, 0.2) is 47.4 Å². The van der Waals surface area contributed by atoms with E-state index in [0.717, 1.165) is 15.4 Å². The molecule has 0 bridgehead atoms. The van der Waals surface area contributed by atoms with Crippen LogP contribution in [0.25, 0.3) is 0 Å². The van der Waals surface area contributed by atoms with Gasteiger partial charge in [0, 0.05) is 26.2 Å². The van der Waals surface area contributed by atoms with Gasteiger partial charge in [0.05, 0.1) is 17.7 Å². The van der Waals surface area contributed by atoms with Crippen LogP contribution in [0, 0.1) is 0 Å². The van der Waals surface area contributed by atoms with Crippen LogP contribution in [-0.4, -0.2) is 38.8 Å². The second-order valence-electron chi connectivity index (χ2n) is 6.74. The van der Waals surface area contributed by atoms with Gasteiger partial charge in [-0.05, 0) is 43.2 Å². The van der Waals surface area contributed by atoms with Crippen LogP contribution in [0.5, 0.6) is 0 Å². The number of carbonyl (C=O) groups is 1. The fourth-order valence-corrected chi connectivity index (χ4v) is 3.84. The summed E-state index contributed by atoms with van der Waals surface area (Å²) < 4.78 is 31.5. The van der Waals surface area contributed by atoms with Crippen molar-refractivity contribution in [2.45, 2.75) is 38.0 Å². The summed E-state index contributed by atoms with van der Waals surface area (Å²) in [6.07, 6.45) is 0.105. The molecule has 0 heterocycles. The highest BCUT2D eigenvalue weighted by Gasteiger charge is 2.22. The Morgan fingerprint density at radius 3 is 2.39 bits per heavy atom. The zero-order valence-corrected chi connectivity index (χ0v) is 18.0. The summed E-state index contributed by atoms with van der Waals surface area (Å²) in [5.41, 5.74) is 2.15. The lowest BCUT2D eigenvalue weighted by Crippen LogP contribution is -2.25. The normalized spacial score (nSPS) is 11.8. The minimum absolute atomic E-state index is 0.0708. The number of nitrogens with one attached hydrogen (secondary N) is 1. The Hall–Kier alpha value is -1.93. The van der Waals surface area contributed by atoms with Crippen LogP contribution in [0.4, 0.5) is 0 Å². The molecule has 0 radical (unpaired) electrons. The van der Waals surface area contributed by atoms with Crippen molar-refractivity contribution in [1.29, 1.82) is 0 Å². The molecule has 0 fully saturated rings. The summed E-state index contributed by atoms with van der Waals surface area (Å²) in [7, 11) is -0.926. The first-order valence-electron chi connectivity index (χ1n) is 8.81. The number of hydrogen-bond donors (Lipinski definition) is 1. The Balaban J connectivity index is 2.17. The van der Waals surface area contributed by atoms with Crippen LogP contribution in [0.1, 0.15) is 35.3 Å². The molecule has 1 N–H and O–H groups in total. The number of nitrogens with zero attached hydrogens (tertiary/aromatic N) is 1. The largest absolute Gasteiger partial charge is 0.374 e. The molecule has 0 unspecified atom stereocenters. The number of halogens is 1. The monoisotopic (exact) mass is 424 g/mol. The van der Waals surface area contributed by atoms with E-state index in [4.69, 9.17) is 16.3 Å². The minimum atomic E-state index is -3.75. The van der Waals surface area contributed by atoms with Gasteiger partial charge in [-0.15, -0.1) is 0 Å². The lowest BCUT2D eigenvalue weighted by Gasteiger charge is -2.15. The minimum Gasteiger partial charge on any atom is -0.374 e. The molecular formula is C20H25ClN2O4S. The number of carbonyl (C=O) groups excluding carboxylic acids is 1. The topological polar surface area (TPSA) is 75.7 Å². The van der Waals surface area contributed by atoms with E-state index < -0.39 is 10.0 Å². The Morgan fingerprint density at radius 1 is 1.14 bits per heavy atom. The maximum atomic E-state index is 12.6. The molecule has 8 heteroatoms. The summed E-state index contributed by atoms with van der Waals surface area (Å²) in [6.45, 7) is 4.68. The summed E-state index contributed by atoms with van der Waals surface area (Å²) in [6, 6.07) is 11.9. The van der Waals surface area contributed by atoms with Crippen LogP contribution >= 0.6 is 11.6 Å². The summed E-state index contributed by atoms with van der Waals surface area (Å²) in [4.78, 5) is 12.5. The fourth-order valence-electron chi connectivity index (χ4n) is 2.44. The third kappa shape index (κ3) is 5.54. The molecule has 0 saturated carbocycles. The molecular weight excluding hydrogens is 400 g/mol. The Morgan fingerprint density at radius 2 is 1.79 bits per heavy atom. The van der Waals surface area contributed by atoms with Crippen molar-refractivity contribution < 1.29 is 17.9 Å². The lowest BCUT2D eigenvalue weighted by atomic mass is 10.1. The molecule has 28 heavy (non-hydrogen) atoms. The van der Waals surface area contributed by atoms with Crippen molar-refractivity contribution in [3.05, 3.63) is 64.2 Å². The predicted octanol–water partition coefficient (Wildman–Crippen LogP) is 3.45. The Bertz CT molecular complexity index is 943. The molecule has 1 amide bonds.